The molecule has 0 unspecified atom stereocenters. The van der Waals surface area contributed by atoms with Crippen LogP contribution in [0.1, 0.15) is 53.0 Å². The molecule has 1 aromatic carbocycles. The lowest BCUT2D eigenvalue weighted by molar-refractivity contribution is 0.0527. The van der Waals surface area contributed by atoms with Crippen LogP contribution >= 0.6 is 0 Å². The Hall–Kier alpha value is -2.63. The lowest BCUT2D eigenvalue weighted by Gasteiger charge is -2.09. The zero-order valence-electron chi connectivity index (χ0n) is 13.8. The van der Waals surface area contributed by atoms with Crippen LogP contribution in [0.2, 0.25) is 0 Å². The van der Waals surface area contributed by atoms with Crippen LogP contribution < -0.4 is 5.32 Å². The molecule has 0 aliphatic heterocycles. The summed E-state index contributed by atoms with van der Waals surface area (Å²) in [7, 11) is 1.65. The minimum atomic E-state index is -0.508. The zero-order chi connectivity index (χ0) is 17.0. The number of hydrogen-bond donors (Lipinski definition) is 1. The largest absolute Gasteiger partial charge is 0.462 e. The molecule has 1 heterocycles. The van der Waals surface area contributed by atoms with Crippen molar-refractivity contribution in [2.24, 2.45) is 7.05 Å². The predicted octanol–water partition coefficient (Wildman–Crippen LogP) is 2.97. The number of aromatic nitrogens is 2. The number of nitrogens with zero attached hydrogens (tertiary/aromatic N) is 2. The van der Waals surface area contributed by atoms with E-state index in [1.54, 1.807) is 26.1 Å². The van der Waals surface area contributed by atoms with Crippen molar-refractivity contribution < 1.29 is 14.3 Å². The molecule has 0 atom stereocenters. The first-order valence-corrected chi connectivity index (χ1v) is 7.54. The van der Waals surface area contributed by atoms with Gasteiger partial charge in [-0.25, -0.2) is 4.79 Å². The monoisotopic (exact) mass is 315 g/mol. The van der Waals surface area contributed by atoms with Crippen molar-refractivity contribution in [3.05, 3.63) is 47.2 Å². The summed E-state index contributed by atoms with van der Waals surface area (Å²) in [6.07, 6.45) is 1.38. The van der Waals surface area contributed by atoms with Crippen LogP contribution in [0.5, 0.6) is 0 Å². The van der Waals surface area contributed by atoms with Crippen LogP contribution in [-0.2, 0) is 11.8 Å². The highest BCUT2D eigenvalue weighted by molar-refractivity contribution is 6.07. The highest BCUT2D eigenvalue weighted by atomic mass is 16.5. The number of amides is 1. The molecule has 6 heteroatoms. The maximum absolute atomic E-state index is 12.4. The second-order valence-corrected chi connectivity index (χ2v) is 5.48. The summed E-state index contributed by atoms with van der Waals surface area (Å²) in [4.78, 5) is 24.3. The van der Waals surface area contributed by atoms with Crippen molar-refractivity contribution in [2.75, 3.05) is 11.9 Å². The van der Waals surface area contributed by atoms with E-state index >= 15 is 0 Å². The molecule has 0 aliphatic rings. The summed E-state index contributed by atoms with van der Waals surface area (Å²) in [6, 6.07) is 7.39. The van der Waals surface area contributed by atoms with E-state index < -0.39 is 5.97 Å². The molecular formula is C17H21N3O3. The minimum Gasteiger partial charge on any atom is -0.462 e. The van der Waals surface area contributed by atoms with Gasteiger partial charge in [0.05, 0.1) is 12.8 Å². The molecule has 122 valence electrons. The Balaban J connectivity index is 2.20. The first-order chi connectivity index (χ1) is 10.9. The van der Waals surface area contributed by atoms with Gasteiger partial charge in [0.1, 0.15) is 11.4 Å². The Morgan fingerprint density at radius 3 is 2.48 bits per heavy atom. The molecule has 0 radical (unpaired) electrons. The Labute approximate surface area is 135 Å². The van der Waals surface area contributed by atoms with Gasteiger partial charge in [0, 0.05) is 12.6 Å². The molecule has 0 saturated carbocycles. The van der Waals surface area contributed by atoms with Crippen LogP contribution in [0.3, 0.4) is 0 Å². The molecule has 2 rings (SSSR count). The number of rotatable bonds is 5. The van der Waals surface area contributed by atoms with E-state index in [4.69, 9.17) is 4.74 Å². The maximum atomic E-state index is 12.4. The van der Waals surface area contributed by atoms with Crippen LogP contribution in [0.25, 0.3) is 0 Å². The number of aryl methyl sites for hydroxylation is 1. The lowest BCUT2D eigenvalue weighted by atomic mass is 10.0. The molecule has 0 aliphatic carbocycles. The quantitative estimate of drug-likeness (QED) is 0.861. The number of esters is 1. The van der Waals surface area contributed by atoms with E-state index in [0.717, 1.165) is 5.56 Å². The van der Waals surface area contributed by atoms with Gasteiger partial charge in [0.2, 0.25) is 0 Å². The number of anilines is 1. The Kier molecular flexibility index (Phi) is 5.16. The van der Waals surface area contributed by atoms with Crippen LogP contribution in [0, 0.1) is 0 Å². The van der Waals surface area contributed by atoms with Crippen molar-refractivity contribution in [3.8, 4) is 0 Å². The third-order valence-electron chi connectivity index (χ3n) is 3.51. The van der Waals surface area contributed by atoms with Crippen molar-refractivity contribution in [1.29, 1.82) is 0 Å². The third-order valence-corrected chi connectivity index (χ3v) is 3.51. The highest BCUT2D eigenvalue weighted by Crippen LogP contribution is 2.18. The number of benzene rings is 1. The molecule has 0 bridgehead atoms. The summed E-state index contributed by atoms with van der Waals surface area (Å²) < 4.78 is 6.40. The normalized spacial score (nSPS) is 10.7. The van der Waals surface area contributed by atoms with Crippen molar-refractivity contribution >= 4 is 17.7 Å². The minimum absolute atomic E-state index is 0.238. The summed E-state index contributed by atoms with van der Waals surface area (Å²) in [5.41, 5.74) is 1.92. The topological polar surface area (TPSA) is 73.2 Å². The highest BCUT2D eigenvalue weighted by Gasteiger charge is 2.19. The first kappa shape index (κ1) is 16.7. The molecule has 2 aromatic rings. The molecule has 6 nitrogen and oxygen atoms in total. The Bertz CT molecular complexity index is 702. The molecular weight excluding hydrogens is 294 g/mol. The van der Waals surface area contributed by atoms with Crippen LogP contribution in [-0.4, -0.2) is 28.3 Å². The lowest BCUT2D eigenvalue weighted by Crippen LogP contribution is -2.17. The van der Waals surface area contributed by atoms with E-state index in [2.05, 4.69) is 24.3 Å². The fourth-order valence-corrected chi connectivity index (χ4v) is 2.14. The summed E-state index contributed by atoms with van der Waals surface area (Å²) in [6.45, 7) is 6.17. The molecule has 1 aromatic heterocycles. The van der Waals surface area contributed by atoms with Gasteiger partial charge >= 0.3 is 5.97 Å². The van der Waals surface area contributed by atoms with Gasteiger partial charge in [0.15, 0.2) is 0 Å². The van der Waals surface area contributed by atoms with Gasteiger partial charge in [0.25, 0.3) is 5.91 Å². The van der Waals surface area contributed by atoms with E-state index in [9.17, 15) is 9.59 Å². The average molecular weight is 315 g/mol. The van der Waals surface area contributed by atoms with E-state index in [0.29, 0.717) is 17.3 Å². The van der Waals surface area contributed by atoms with E-state index in [1.165, 1.54) is 10.9 Å². The van der Waals surface area contributed by atoms with E-state index in [1.807, 2.05) is 12.1 Å². The predicted molar refractivity (Wildman–Crippen MR) is 87.6 cm³/mol. The van der Waals surface area contributed by atoms with E-state index in [-0.39, 0.29) is 18.1 Å². The Morgan fingerprint density at radius 1 is 1.26 bits per heavy atom. The molecule has 0 spiro atoms. The van der Waals surface area contributed by atoms with Gasteiger partial charge in [-0.2, -0.15) is 5.10 Å². The average Bonchev–Trinajstić information content (AvgIpc) is 2.88. The molecule has 1 amide bonds. The maximum Gasteiger partial charge on any atom is 0.343 e. The number of nitrogens with one attached hydrogen (secondary N) is 1. The Morgan fingerprint density at radius 2 is 1.91 bits per heavy atom. The fraction of sp³-hybridized carbons (Fsp3) is 0.353. The second-order valence-electron chi connectivity index (χ2n) is 5.48. The van der Waals surface area contributed by atoms with Crippen LogP contribution in [0.15, 0.2) is 30.5 Å². The second kappa shape index (κ2) is 7.09. The zero-order valence-corrected chi connectivity index (χ0v) is 13.8. The van der Waals surface area contributed by atoms with Gasteiger partial charge in [-0.3, -0.25) is 9.48 Å². The third kappa shape index (κ3) is 3.77. The van der Waals surface area contributed by atoms with Crippen molar-refractivity contribution in [2.45, 2.75) is 26.7 Å². The van der Waals surface area contributed by atoms with Crippen molar-refractivity contribution in [3.63, 3.8) is 0 Å². The number of hydrogen-bond acceptors (Lipinski definition) is 4. The van der Waals surface area contributed by atoms with Crippen molar-refractivity contribution in [1.82, 2.24) is 9.78 Å². The summed E-state index contributed by atoms with van der Waals surface area (Å²) in [5.74, 6) is -0.0819. The molecule has 0 saturated heterocycles. The van der Waals surface area contributed by atoms with Gasteiger partial charge < -0.3 is 10.1 Å². The molecule has 23 heavy (non-hydrogen) atoms. The summed E-state index contributed by atoms with van der Waals surface area (Å²) >= 11 is 0. The number of carbonyl (C=O) groups excluding carboxylic acids is 2. The number of ether oxygens (including phenoxy) is 1. The standard InChI is InChI=1S/C17H21N3O3/c1-5-23-17(22)14-10-18-20(4)15(14)19-16(21)13-8-6-12(7-9-13)11(2)3/h6-11H,5H2,1-4H3,(H,19,21). The smallest absolute Gasteiger partial charge is 0.343 e. The summed E-state index contributed by atoms with van der Waals surface area (Å²) in [5, 5.41) is 6.73. The van der Waals surface area contributed by atoms with Gasteiger partial charge in [-0.05, 0) is 30.5 Å². The first-order valence-electron chi connectivity index (χ1n) is 7.54. The number of carbonyl (C=O) groups is 2. The molecule has 1 N–H and O–H groups in total. The van der Waals surface area contributed by atoms with Gasteiger partial charge in [-0.1, -0.05) is 26.0 Å². The fourth-order valence-electron chi connectivity index (χ4n) is 2.14. The SMILES string of the molecule is CCOC(=O)c1cnn(C)c1NC(=O)c1ccc(C(C)C)cc1. The van der Waals surface area contributed by atoms with Crippen LogP contribution in [0.4, 0.5) is 5.82 Å². The van der Waals surface area contributed by atoms with Gasteiger partial charge in [-0.15, -0.1) is 0 Å². The molecule has 0 fully saturated rings.